The first-order valence-electron chi connectivity index (χ1n) is 6.29. The molecule has 102 valence electrons. The Morgan fingerprint density at radius 2 is 2.26 bits per heavy atom. The maximum absolute atomic E-state index is 12.1. The fraction of sp³-hybridized carbons (Fsp3) is 0.462. The number of nitrogens with two attached hydrogens (primary N) is 1. The summed E-state index contributed by atoms with van der Waals surface area (Å²) in [5.41, 5.74) is 6.69. The van der Waals surface area contributed by atoms with Crippen LogP contribution in [0.1, 0.15) is 28.8 Å². The summed E-state index contributed by atoms with van der Waals surface area (Å²) in [6, 6.07) is 4.24. The molecule has 6 nitrogen and oxygen atoms in total. The number of amides is 1. The Balaban J connectivity index is 2.12. The van der Waals surface area contributed by atoms with Crippen LogP contribution < -0.4 is 11.1 Å². The molecule has 1 aliphatic rings. The standard InChI is InChI=1S/C13H17N3O3/c1-8-6-10(16(18)19)4-5-11(8)13(17)15-12(7-14)9-2-3-9/h4-6,9,12H,2-3,7,14H2,1H3,(H,15,17). The van der Waals surface area contributed by atoms with E-state index in [1.54, 1.807) is 6.92 Å². The number of nitrogens with zero attached hydrogens (tertiary/aromatic N) is 1. The molecule has 1 saturated carbocycles. The van der Waals surface area contributed by atoms with Crippen molar-refractivity contribution in [3.8, 4) is 0 Å². The van der Waals surface area contributed by atoms with Crippen molar-refractivity contribution in [1.29, 1.82) is 0 Å². The third-order valence-corrected chi connectivity index (χ3v) is 3.43. The molecule has 1 aromatic carbocycles. The SMILES string of the molecule is Cc1cc([N+](=O)[O-])ccc1C(=O)NC(CN)C1CC1. The molecule has 6 heteroatoms. The van der Waals surface area contributed by atoms with Gasteiger partial charge < -0.3 is 11.1 Å². The quantitative estimate of drug-likeness (QED) is 0.619. The molecule has 0 radical (unpaired) electrons. The van der Waals surface area contributed by atoms with Gasteiger partial charge in [0.2, 0.25) is 0 Å². The van der Waals surface area contributed by atoms with Crippen molar-refractivity contribution in [2.75, 3.05) is 6.54 Å². The van der Waals surface area contributed by atoms with E-state index in [2.05, 4.69) is 5.32 Å². The molecule has 0 bridgehead atoms. The van der Waals surface area contributed by atoms with Crippen molar-refractivity contribution in [2.24, 2.45) is 11.7 Å². The normalized spacial score (nSPS) is 15.9. The molecular weight excluding hydrogens is 246 g/mol. The molecule has 1 fully saturated rings. The van der Waals surface area contributed by atoms with Crippen molar-refractivity contribution in [1.82, 2.24) is 5.32 Å². The summed E-state index contributed by atoms with van der Waals surface area (Å²) in [5, 5.41) is 13.5. The number of non-ortho nitro benzene ring substituents is 1. The van der Waals surface area contributed by atoms with Crippen LogP contribution in [0.2, 0.25) is 0 Å². The number of hydrogen-bond donors (Lipinski definition) is 2. The van der Waals surface area contributed by atoms with Crippen LogP contribution in [0.3, 0.4) is 0 Å². The van der Waals surface area contributed by atoms with E-state index in [1.165, 1.54) is 18.2 Å². The third kappa shape index (κ3) is 3.08. The highest BCUT2D eigenvalue weighted by Gasteiger charge is 2.31. The number of rotatable bonds is 5. The first-order chi connectivity index (χ1) is 9.02. The van der Waals surface area contributed by atoms with Crippen LogP contribution in [-0.2, 0) is 0 Å². The lowest BCUT2D eigenvalue weighted by molar-refractivity contribution is -0.384. The van der Waals surface area contributed by atoms with Crippen molar-refractivity contribution < 1.29 is 9.72 Å². The summed E-state index contributed by atoms with van der Waals surface area (Å²) >= 11 is 0. The summed E-state index contributed by atoms with van der Waals surface area (Å²) in [6.07, 6.45) is 2.20. The van der Waals surface area contributed by atoms with Gasteiger partial charge in [0.05, 0.1) is 4.92 Å². The van der Waals surface area contributed by atoms with Crippen LogP contribution in [-0.4, -0.2) is 23.4 Å². The Morgan fingerprint density at radius 1 is 1.58 bits per heavy atom. The number of nitro groups is 1. The molecule has 1 aromatic rings. The van der Waals surface area contributed by atoms with Gasteiger partial charge in [-0.1, -0.05) is 0 Å². The van der Waals surface area contributed by atoms with Gasteiger partial charge >= 0.3 is 0 Å². The first-order valence-corrected chi connectivity index (χ1v) is 6.29. The molecule has 19 heavy (non-hydrogen) atoms. The number of carbonyl (C=O) groups is 1. The number of hydrogen-bond acceptors (Lipinski definition) is 4. The van der Waals surface area contributed by atoms with Gasteiger partial charge in [0.15, 0.2) is 0 Å². The van der Waals surface area contributed by atoms with E-state index in [-0.39, 0.29) is 17.6 Å². The van der Waals surface area contributed by atoms with E-state index < -0.39 is 4.92 Å². The second-order valence-corrected chi connectivity index (χ2v) is 4.91. The third-order valence-electron chi connectivity index (χ3n) is 3.43. The van der Waals surface area contributed by atoms with Crippen molar-refractivity contribution >= 4 is 11.6 Å². The van der Waals surface area contributed by atoms with Gasteiger partial charge in [0.25, 0.3) is 11.6 Å². The predicted molar refractivity (Wildman–Crippen MR) is 70.9 cm³/mol. The summed E-state index contributed by atoms with van der Waals surface area (Å²) < 4.78 is 0. The fourth-order valence-corrected chi connectivity index (χ4v) is 2.13. The Bertz CT molecular complexity index is 512. The number of nitrogens with one attached hydrogen (secondary N) is 1. The number of nitro benzene ring substituents is 1. The second kappa shape index (κ2) is 5.36. The minimum Gasteiger partial charge on any atom is -0.348 e. The van der Waals surface area contributed by atoms with Crippen molar-refractivity contribution in [3.05, 3.63) is 39.4 Å². The summed E-state index contributed by atoms with van der Waals surface area (Å²) in [6.45, 7) is 2.11. The molecule has 0 saturated heterocycles. The maximum Gasteiger partial charge on any atom is 0.269 e. The Kier molecular flexibility index (Phi) is 3.80. The lowest BCUT2D eigenvalue weighted by Crippen LogP contribution is -2.41. The van der Waals surface area contributed by atoms with Crippen LogP contribution in [0.25, 0.3) is 0 Å². The summed E-state index contributed by atoms with van der Waals surface area (Å²) in [7, 11) is 0. The van der Waals surface area contributed by atoms with E-state index in [9.17, 15) is 14.9 Å². The zero-order chi connectivity index (χ0) is 14.0. The highest BCUT2D eigenvalue weighted by Crippen LogP contribution is 2.32. The monoisotopic (exact) mass is 263 g/mol. The van der Waals surface area contributed by atoms with Gasteiger partial charge in [-0.05, 0) is 37.3 Å². The van der Waals surface area contributed by atoms with Crippen LogP contribution in [0, 0.1) is 23.0 Å². The topological polar surface area (TPSA) is 98.3 Å². The van der Waals surface area contributed by atoms with E-state index in [0.717, 1.165) is 12.8 Å². The summed E-state index contributed by atoms with van der Waals surface area (Å²) in [5.74, 6) is 0.266. The van der Waals surface area contributed by atoms with E-state index in [0.29, 0.717) is 23.6 Å². The maximum atomic E-state index is 12.1. The zero-order valence-corrected chi connectivity index (χ0v) is 10.8. The van der Waals surface area contributed by atoms with Gasteiger partial charge in [0, 0.05) is 30.3 Å². The van der Waals surface area contributed by atoms with Crippen molar-refractivity contribution in [2.45, 2.75) is 25.8 Å². The Labute approximate surface area is 111 Å². The minimum atomic E-state index is -0.471. The molecule has 0 aliphatic heterocycles. The Morgan fingerprint density at radius 3 is 2.74 bits per heavy atom. The van der Waals surface area contributed by atoms with Crippen molar-refractivity contribution in [3.63, 3.8) is 0 Å². The molecule has 2 rings (SSSR count). The highest BCUT2D eigenvalue weighted by molar-refractivity contribution is 5.96. The molecule has 0 aromatic heterocycles. The number of aryl methyl sites for hydroxylation is 1. The molecule has 3 N–H and O–H groups in total. The van der Waals surface area contributed by atoms with E-state index >= 15 is 0 Å². The van der Waals surface area contributed by atoms with E-state index in [1.807, 2.05) is 0 Å². The minimum absolute atomic E-state index is 0.00194. The van der Waals surface area contributed by atoms with Gasteiger partial charge in [-0.15, -0.1) is 0 Å². The number of carbonyl (C=O) groups excluding carboxylic acids is 1. The zero-order valence-electron chi connectivity index (χ0n) is 10.8. The molecular formula is C13H17N3O3. The average Bonchev–Trinajstić information content (AvgIpc) is 3.19. The lowest BCUT2D eigenvalue weighted by Gasteiger charge is -2.16. The van der Waals surface area contributed by atoms with Gasteiger partial charge in [0.1, 0.15) is 0 Å². The largest absolute Gasteiger partial charge is 0.348 e. The molecule has 1 amide bonds. The first kappa shape index (κ1) is 13.5. The molecule has 0 heterocycles. The van der Waals surface area contributed by atoms with Crippen LogP contribution in [0.15, 0.2) is 18.2 Å². The van der Waals surface area contributed by atoms with Crippen LogP contribution in [0.4, 0.5) is 5.69 Å². The average molecular weight is 263 g/mol. The summed E-state index contributed by atoms with van der Waals surface area (Å²) in [4.78, 5) is 22.3. The predicted octanol–water partition coefficient (Wildman–Crippen LogP) is 1.37. The number of benzene rings is 1. The molecule has 1 aliphatic carbocycles. The second-order valence-electron chi connectivity index (χ2n) is 4.91. The van der Waals surface area contributed by atoms with Gasteiger partial charge in [-0.3, -0.25) is 14.9 Å². The molecule has 0 spiro atoms. The molecule has 1 unspecified atom stereocenters. The Hall–Kier alpha value is -1.95. The van der Waals surface area contributed by atoms with Crippen LogP contribution in [0.5, 0.6) is 0 Å². The lowest BCUT2D eigenvalue weighted by atomic mass is 10.1. The smallest absolute Gasteiger partial charge is 0.269 e. The highest BCUT2D eigenvalue weighted by atomic mass is 16.6. The van der Waals surface area contributed by atoms with E-state index in [4.69, 9.17) is 5.73 Å². The van der Waals surface area contributed by atoms with Crippen LogP contribution >= 0.6 is 0 Å². The van der Waals surface area contributed by atoms with Gasteiger partial charge in [-0.2, -0.15) is 0 Å². The fourth-order valence-electron chi connectivity index (χ4n) is 2.13. The van der Waals surface area contributed by atoms with Gasteiger partial charge in [-0.25, -0.2) is 0 Å². The molecule has 1 atom stereocenters.